The Hall–Kier alpha value is -2.37. The molecular weight excluding hydrogens is 364 g/mol. The van der Waals surface area contributed by atoms with Gasteiger partial charge in [0.2, 0.25) is 5.91 Å². The summed E-state index contributed by atoms with van der Waals surface area (Å²) in [6.45, 7) is 2.49. The molecule has 2 amide bonds. The molecule has 5 nitrogen and oxygen atoms in total. The molecule has 0 radical (unpaired) electrons. The highest BCUT2D eigenvalue weighted by atomic mass is 35.5. The van der Waals surface area contributed by atoms with E-state index in [1.807, 2.05) is 23.1 Å². The summed E-state index contributed by atoms with van der Waals surface area (Å²) >= 11 is 6.10. The van der Waals surface area contributed by atoms with Crippen molar-refractivity contribution in [3.05, 3.63) is 64.2 Å². The number of halogens is 1. The van der Waals surface area contributed by atoms with Gasteiger partial charge in [0.25, 0.3) is 5.91 Å². The predicted molar refractivity (Wildman–Crippen MR) is 104 cm³/mol. The molecule has 0 aliphatic carbocycles. The normalized spacial score (nSPS) is 18.9. The lowest BCUT2D eigenvalue weighted by Crippen LogP contribution is -2.40. The van der Waals surface area contributed by atoms with Crippen LogP contribution in [0.1, 0.15) is 27.9 Å². The zero-order valence-electron chi connectivity index (χ0n) is 14.9. The Morgan fingerprint density at radius 2 is 2.00 bits per heavy atom. The fourth-order valence-electron chi connectivity index (χ4n) is 3.65. The highest BCUT2D eigenvalue weighted by Crippen LogP contribution is 2.26. The van der Waals surface area contributed by atoms with E-state index in [1.165, 1.54) is 5.56 Å². The van der Waals surface area contributed by atoms with Crippen LogP contribution < -0.4 is 5.32 Å². The number of hydrogen-bond acceptors (Lipinski definition) is 3. The lowest BCUT2D eigenvalue weighted by molar-refractivity contribution is -0.136. The number of ether oxygens (including phenoxy) is 1. The van der Waals surface area contributed by atoms with Crippen molar-refractivity contribution in [2.24, 2.45) is 5.92 Å². The highest BCUT2D eigenvalue weighted by Gasteiger charge is 2.30. The average Bonchev–Trinajstić information content (AvgIpc) is 3.22. The summed E-state index contributed by atoms with van der Waals surface area (Å²) in [6, 6.07) is 12.8. The zero-order valence-corrected chi connectivity index (χ0v) is 15.7. The van der Waals surface area contributed by atoms with Gasteiger partial charge in [-0.3, -0.25) is 9.59 Å². The van der Waals surface area contributed by atoms with Gasteiger partial charge in [-0.15, -0.1) is 0 Å². The van der Waals surface area contributed by atoms with Gasteiger partial charge in [-0.05, 0) is 48.2 Å². The smallest absolute Gasteiger partial charge is 0.257 e. The second kappa shape index (κ2) is 7.71. The average molecular weight is 385 g/mol. The highest BCUT2D eigenvalue weighted by molar-refractivity contribution is 6.34. The molecular formula is C21H21ClN2O3. The number of nitrogens with one attached hydrogen (secondary N) is 1. The number of fused-ring (bicyclic) bond motifs is 1. The van der Waals surface area contributed by atoms with Gasteiger partial charge < -0.3 is 15.0 Å². The third kappa shape index (κ3) is 3.84. The van der Waals surface area contributed by atoms with E-state index in [0.29, 0.717) is 36.0 Å². The molecule has 140 valence electrons. The molecule has 27 heavy (non-hydrogen) atoms. The first-order valence-corrected chi connectivity index (χ1v) is 9.54. The molecule has 2 aromatic rings. The Bertz CT molecular complexity index is 877. The van der Waals surface area contributed by atoms with Gasteiger partial charge in [0, 0.05) is 25.4 Å². The van der Waals surface area contributed by atoms with E-state index in [9.17, 15) is 9.59 Å². The van der Waals surface area contributed by atoms with Crippen LogP contribution in [0, 0.1) is 5.92 Å². The van der Waals surface area contributed by atoms with Crippen LogP contribution in [0.4, 0.5) is 5.69 Å². The van der Waals surface area contributed by atoms with Crippen molar-refractivity contribution < 1.29 is 14.3 Å². The maximum atomic E-state index is 12.7. The minimum Gasteiger partial charge on any atom is -0.381 e. The summed E-state index contributed by atoms with van der Waals surface area (Å²) < 4.78 is 5.35. The fourth-order valence-corrected chi connectivity index (χ4v) is 3.88. The molecule has 0 bridgehead atoms. The minimum absolute atomic E-state index is 0.0188. The van der Waals surface area contributed by atoms with Crippen LogP contribution >= 0.6 is 11.6 Å². The third-order valence-corrected chi connectivity index (χ3v) is 5.52. The second-order valence-electron chi connectivity index (χ2n) is 6.99. The van der Waals surface area contributed by atoms with Crippen molar-refractivity contribution >= 4 is 29.1 Å². The van der Waals surface area contributed by atoms with E-state index >= 15 is 0 Å². The zero-order chi connectivity index (χ0) is 18.8. The van der Waals surface area contributed by atoms with Crippen molar-refractivity contribution in [1.29, 1.82) is 0 Å². The first kappa shape index (κ1) is 18.0. The van der Waals surface area contributed by atoms with Crippen LogP contribution in [0.3, 0.4) is 0 Å². The molecule has 1 fully saturated rings. The van der Waals surface area contributed by atoms with E-state index in [0.717, 1.165) is 24.9 Å². The molecule has 2 heterocycles. The first-order chi connectivity index (χ1) is 13.1. The molecule has 1 atom stereocenters. The Labute approximate surface area is 163 Å². The number of carbonyl (C=O) groups excluding carboxylic acids is 2. The molecule has 0 aromatic heterocycles. The Kier molecular flexibility index (Phi) is 5.14. The number of hydrogen-bond donors (Lipinski definition) is 1. The molecule has 0 saturated carbocycles. The molecule has 2 aliphatic rings. The van der Waals surface area contributed by atoms with Gasteiger partial charge in [-0.2, -0.15) is 0 Å². The fraction of sp³-hybridized carbons (Fsp3) is 0.333. The van der Waals surface area contributed by atoms with Gasteiger partial charge >= 0.3 is 0 Å². The van der Waals surface area contributed by atoms with Crippen molar-refractivity contribution in [2.45, 2.75) is 19.4 Å². The lowest BCUT2D eigenvalue weighted by Gasteiger charge is -2.31. The summed E-state index contributed by atoms with van der Waals surface area (Å²) in [5, 5.41) is 3.32. The standard InChI is InChI=1S/C21H21ClN2O3/c22-19-4-2-1-3-18(19)20(25)23-17-6-5-14-7-9-24(12-16(14)11-17)21(26)15-8-10-27-13-15/h1-6,11,15H,7-10,12-13H2,(H,23,25). The Morgan fingerprint density at radius 3 is 2.78 bits per heavy atom. The van der Waals surface area contributed by atoms with Gasteiger partial charge in [-0.25, -0.2) is 0 Å². The Balaban J connectivity index is 1.48. The van der Waals surface area contributed by atoms with Crippen molar-refractivity contribution in [1.82, 2.24) is 4.90 Å². The molecule has 4 rings (SSSR count). The van der Waals surface area contributed by atoms with Gasteiger partial charge in [0.05, 0.1) is 23.1 Å². The molecule has 2 aliphatic heterocycles. The number of anilines is 1. The number of rotatable bonds is 3. The van der Waals surface area contributed by atoms with E-state index in [1.54, 1.807) is 24.3 Å². The third-order valence-electron chi connectivity index (χ3n) is 5.19. The molecule has 1 saturated heterocycles. The van der Waals surface area contributed by atoms with Crippen LogP contribution in [0.25, 0.3) is 0 Å². The van der Waals surface area contributed by atoms with Crippen molar-refractivity contribution in [3.8, 4) is 0 Å². The van der Waals surface area contributed by atoms with Crippen LogP contribution in [-0.2, 0) is 22.5 Å². The topological polar surface area (TPSA) is 58.6 Å². The molecule has 1 unspecified atom stereocenters. The Morgan fingerprint density at radius 1 is 1.15 bits per heavy atom. The van der Waals surface area contributed by atoms with Crippen molar-refractivity contribution in [2.75, 3.05) is 25.1 Å². The molecule has 1 N–H and O–H groups in total. The number of benzene rings is 2. The molecule has 0 spiro atoms. The summed E-state index contributed by atoms with van der Waals surface area (Å²) in [6.07, 6.45) is 1.63. The van der Waals surface area contributed by atoms with Crippen LogP contribution in [-0.4, -0.2) is 36.5 Å². The summed E-state index contributed by atoms with van der Waals surface area (Å²) in [5.41, 5.74) is 3.44. The van der Waals surface area contributed by atoms with Gasteiger partial charge in [-0.1, -0.05) is 29.8 Å². The van der Waals surface area contributed by atoms with Crippen LogP contribution in [0.5, 0.6) is 0 Å². The number of amides is 2. The van der Waals surface area contributed by atoms with Crippen LogP contribution in [0.15, 0.2) is 42.5 Å². The second-order valence-corrected chi connectivity index (χ2v) is 7.39. The summed E-state index contributed by atoms with van der Waals surface area (Å²) in [4.78, 5) is 27.0. The molecule has 2 aromatic carbocycles. The number of carbonyl (C=O) groups is 2. The van der Waals surface area contributed by atoms with Gasteiger partial charge in [0.15, 0.2) is 0 Å². The number of nitrogens with zero attached hydrogens (tertiary/aromatic N) is 1. The maximum absolute atomic E-state index is 12.7. The lowest BCUT2D eigenvalue weighted by atomic mass is 9.97. The monoisotopic (exact) mass is 384 g/mol. The van der Waals surface area contributed by atoms with E-state index in [2.05, 4.69) is 5.32 Å². The minimum atomic E-state index is -0.243. The quantitative estimate of drug-likeness (QED) is 0.880. The molecule has 6 heteroatoms. The first-order valence-electron chi connectivity index (χ1n) is 9.16. The van der Waals surface area contributed by atoms with Crippen LogP contribution in [0.2, 0.25) is 5.02 Å². The van der Waals surface area contributed by atoms with E-state index in [4.69, 9.17) is 16.3 Å². The van der Waals surface area contributed by atoms with E-state index in [-0.39, 0.29) is 17.7 Å². The van der Waals surface area contributed by atoms with E-state index < -0.39 is 0 Å². The largest absolute Gasteiger partial charge is 0.381 e. The predicted octanol–water partition coefficient (Wildman–Crippen LogP) is 3.51. The summed E-state index contributed by atoms with van der Waals surface area (Å²) in [7, 11) is 0. The SMILES string of the molecule is O=C(Nc1ccc2c(c1)CN(C(=O)C1CCOC1)CC2)c1ccccc1Cl. The maximum Gasteiger partial charge on any atom is 0.257 e. The van der Waals surface area contributed by atoms with Gasteiger partial charge in [0.1, 0.15) is 0 Å². The summed E-state index contributed by atoms with van der Waals surface area (Å²) in [5.74, 6) is -0.0919. The van der Waals surface area contributed by atoms with Crippen molar-refractivity contribution in [3.63, 3.8) is 0 Å².